The van der Waals surface area contributed by atoms with Gasteiger partial charge >= 0.3 is 0 Å². The van der Waals surface area contributed by atoms with E-state index < -0.39 is 0 Å². The van der Waals surface area contributed by atoms with Gasteiger partial charge in [0.25, 0.3) is 0 Å². The van der Waals surface area contributed by atoms with Crippen molar-refractivity contribution in [3.8, 4) is 5.75 Å². The zero-order valence-electron chi connectivity index (χ0n) is 15.7. The molecule has 0 aliphatic carbocycles. The van der Waals surface area contributed by atoms with Crippen molar-refractivity contribution in [2.45, 2.75) is 38.1 Å². The lowest BCUT2D eigenvalue weighted by Crippen LogP contribution is -2.32. The highest BCUT2D eigenvalue weighted by molar-refractivity contribution is 6.02. The van der Waals surface area contributed by atoms with E-state index in [-0.39, 0.29) is 17.6 Å². The first-order valence-electron chi connectivity index (χ1n) is 9.74. The second kappa shape index (κ2) is 7.65. The van der Waals surface area contributed by atoms with Gasteiger partial charge in [-0.2, -0.15) is 0 Å². The first-order valence-corrected chi connectivity index (χ1v) is 9.74. The summed E-state index contributed by atoms with van der Waals surface area (Å²) in [7, 11) is 0. The van der Waals surface area contributed by atoms with Gasteiger partial charge in [0.2, 0.25) is 0 Å². The lowest BCUT2D eigenvalue weighted by Gasteiger charge is -2.24. The quantitative estimate of drug-likeness (QED) is 0.750. The van der Waals surface area contributed by atoms with Crippen molar-refractivity contribution in [3.63, 3.8) is 0 Å². The molecule has 0 spiro atoms. The molecule has 1 saturated heterocycles. The summed E-state index contributed by atoms with van der Waals surface area (Å²) in [6, 6.07) is 16.0. The molecule has 2 aliphatic rings. The molecule has 2 aliphatic heterocycles. The van der Waals surface area contributed by atoms with Crippen LogP contribution >= 0.6 is 0 Å². The van der Waals surface area contributed by atoms with Crippen LogP contribution < -0.4 is 4.74 Å². The molecule has 0 radical (unpaired) electrons. The predicted octanol–water partition coefficient (Wildman–Crippen LogP) is 4.10. The Morgan fingerprint density at radius 3 is 2.85 bits per heavy atom. The lowest BCUT2D eigenvalue weighted by atomic mass is 9.98. The number of carbonyl (C=O) groups excluding carboxylic acids is 2. The topological polar surface area (TPSA) is 46.6 Å². The van der Waals surface area contributed by atoms with Gasteiger partial charge in [-0.15, -0.1) is 0 Å². The molecule has 140 valence electrons. The summed E-state index contributed by atoms with van der Waals surface area (Å²) >= 11 is 0. The SMILES string of the molecule is CC(CC(=O)c1ccc2c(c1)OCCC2=O)N1CCC(c2ccccc2)C1. The summed E-state index contributed by atoms with van der Waals surface area (Å²) in [5.74, 6) is 1.30. The molecule has 0 bridgehead atoms. The maximum absolute atomic E-state index is 12.8. The maximum Gasteiger partial charge on any atom is 0.169 e. The molecule has 2 aromatic carbocycles. The Morgan fingerprint density at radius 1 is 1.22 bits per heavy atom. The normalized spacial score (nSPS) is 20.8. The van der Waals surface area contributed by atoms with E-state index in [0.717, 1.165) is 19.5 Å². The van der Waals surface area contributed by atoms with Crippen molar-refractivity contribution >= 4 is 11.6 Å². The zero-order valence-corrected chi connectivity index (χ0v) is 15.7. The first kappa shape index (κ1) is 17.9. The van der Waals surface area contributed by atoms with E-state index in [1.54, 1.807) is 18.2 Å². The van der Waals surface area contributed by atoms with Crippen LogP contribution in [0, 0.1) is 0 Å². The van der Waals surface area contributed by atoms with Crippen LogP contribution in [0.15, 0.2) is 48.5 Å². The van der Waals surface area contributed by atoms with Gasteiger partial charge in [0.05, 0.1) is 12.2 Å². The van der Waals surface area contributed by atoms with E-state index in [2.05, 4.69) is 36.1 Å². The summed E-state index contributed by atoms with van der Waals surface area (Å²) in [6.45, 7) is 4.55. The average molecular weight is 363 g/mol. The highest BCUT2D eigenvalue weighted by atomic mass is 16.5. The van der Waals surface area contributed by atoms with Crippen LogP contribution in [0.2, 0.25) is 0 Å². The minimum absolute atomic E-state index is 0.0904. The van der Waals surface area contributed by atoms with Crippen molar-refractivity contribution in [2.24, 2.45) is 0 Å². The molecule has 27 heavy (non-hydrogen) atoms. The Hall–Kier alpha value is -2.46. The van der Waals surface area contributed by atoms with Gasteiger partial charge in [-0.25, -0.2) is 0 Å². The van der Waals surface area contributed by atoms with Gasteiger partial charge in [0.15, 0.2) is 11.6 Å². The Labute approximate surface area is 160 Å². The molecule has 4 heteroatoms. The van der Waals surface area contributed by atoms with Crippen molar-refractivity contribution in [2.75, 3.05) is 19.7 Å². The largest absolute Gasteiger partial charge is 0.492 e. The Kier molecular flexibility index (Phi) is 5.08. The lowest BCUT2D eigenvalue weighted by molar-refractivity contribution is 0.0919. The second-order valence-corrected chi connectivity index (χ2v) is 7.60. The van der Waals surface area contributed by atoms with E-state index in [4.69, 9.17) is 4.74 Å². The number of carbonyl (C=O) groups is 2. The van der Waals surface area contributed by atoms with Crippen molar-refractivity contribution < 1.29 is 14.3 Å². The molecular weight excluding hydrogens is 338 g/mol. The van der Waals surface area contributed by atoms with Gasteiger partial charge in [0, 0.05) is 31.0 Å². The Balaban J connectivity index is 1.39. The van der Waals surface area contributed by atoms with Crippen molar-refractivity contribution in [3.05, 3.63) is 65.2 Å². The van der Waals surface area contributed by atoms with Crippen LogP contribution in [-0.4, -0.2) is 42.2 Å². The molecule has 0 aromatic heterocycles. The smallest absolute Gasteiger partial charge is 0.169 e. The Morgan fingerprint density at radius 2 is 2.04 bits per heavy atom. The van der Waals surface area contributed by atoms with E-state index >= 15 is 0 Å². The molecule has 0 amide bonds. The van der Waals surface area contributed by atoms with E-state index in [1.807, 2.05) is 6.07 Å². The number of hydrogen-bond donors (Lipinski definition) is 0. The van der Waals surface area contributed by atoms with Crippen LogP contribution in [0.3, 0.4) is 0 Å². The van der Waals surface area contributed by atoms with E-state index in [1.165, 1.54) is 5.56 Å². The van der Waals surface area contributed by atoms with Gasteiger partial charge in [-0.1, -0.05) is 36.4 Å². The van der Waals surface area contributed by atoms with Crippen LogP contribution in [0.4, 0.5) is 0 Å². The number of Topliss-reactive ketones (excluding diaryl/α,β-unsaturated/α-hetero) is 2. The number of hydrogen-bond acceptors (Lipinski definition) is 4. The van der Waals surface area contributed by atoms with Gasteiger partial charge in [-0.3, -0.25) is 14.5 Å². The highest BCUT2D eigenvalue weighted by Gasteiger charge is 2.28. The zero-order chi connectivity index (χ0) is 18.8. The summed E-state index contributed by atoms with van der Waals surface area (Å²) < 4.78 is 5.57. The molecule has 2 unspecified atom stereocenters. The van der Waals surface area contributed by atoms with Crippen LogP contribution in [0.25, 0.3) is 0 Å². The molecule has 0 saturated carbocycles. The highest BCUT2D eigenvalue weighted by Crippen LogP contribution is 2.30. The predicted molar refractivity (Wildman–Crippen MR) is 105 cm³/mol. The fraction of sp³-hybridized carbons (Fsp3) is 0.391. The fourth-order valence-electron chi connectivity index (χ4n) is 4.13. The summed E-state index contributed by atoms with van der Waals surface area (Å²) in [5, 5.41) is 0. The van der Waals surface area contributed by atoms with Gasteiger partial charge < -0.3 is 4.74 Å². The number of rotatable bonds is 5. The number of fused-ring (bicyclic) bond motifs is 1. The summed E-state index contributed by atoms with van der Waals surface area (Å²) in [6.07, 6.45) is 2.03. The number of likely N-dealkylation sites (tertiary alicyclic amines) is 1. The molecular formula is C23H25NO3. The molecule has 2 aromatic rings. The fourth-order valence-corrected chi connectivity index (χ4v) is 4.13. The third-order valence-electron chi connectivity index (χ3n) is 5.79. The summed E-state index contributed by atoms with van der Waals surface area (Å²) in [5.41, 5.74) is 2.61. The molecule has 4 nitrogen and oxygen atoms in total. The first-order chi connectivity index (χ1) is 13.1. The average Bonchev–Trinajstić information content (AvgIpc) is 3.19. The molecule has 1 fully saturated rings. The second-order valence-electron chi connectivity index (χ2n) is 7.60. The third-order valence-corrected chi connectivity index (χ3v) is 5.79. The van der Waals surface area contributed by atoms with Crippen molar-refractivity contribution in [1.82, 2.24) is 4.90 Å². The van der Waals surface area contributed by atoms with Crippen LogP contribution in [0.5, 0.6) is 5.75 Å². The van der Waals surface area contributed by atoms with Crippen LogP contribution in [0.1, 0.15) is 58.4 Å². The number of nitrogens with zero attached hydrogens (tertiary/aromatic N) is 1. The van der Waals surface area contributed by atoms with Crippen molar-refractivity contribution in [1.29, 1.82) is 0 Å². The number of benzene rings is 2. The molecule has 2 heterocycles. The number of ketones is 2. The standard InChI is InChI=1S/C23H25NO3/c1-16(24-11-9-19(15-24)17-5-3-2-4-6-17)13-22(26)18-7-8-20-21(25)10-12-27-23(20)14-18/h2-8,14,16,19H,9-13,15H2,1H3. The van der Waals surface area contributed by atoms with Gasteiger partial charge in [0.1, 0.15) is 5.75 Å². The molecule has 0 N–H and O–H groups in total. The monoisotopic (exact) mass is 363 g/mol. The van der Waals surface area contributed by atoms with Gasteiger partial charge in [-0.05, 0) is 43.5 Å². The van der Waals surface area contributed by atoms with E-state index in [9.17, 15) is 9.59 Å². The molecule has 2 atom stereocenters. The maximum atomic E-state index is 12.8. The Bertz CT molecular complexity index is 846. The minimum atomic E-state index is 0.0904. The summed E-state index contributed by atoms with van der Waals surface area (Å²) in [4.78, 5) is 27.1. The minimum Gasteiger partial charge on any atom is -0.492 e. The van der Waals surface area contributed by atoms with Crippen LogP contribution in [-0.2, 0) is 0 Å². The third kappa shape index (κ3) is 3.81. The number of ether oxygens (including phenoxy) is 1. The van der Waals surface area contributed by atoms with E-state index in [0.29, 0.717) is 42.2 Å². The molecule has 4 rings (SSSR count).